The highest BCUT2D eigenvalue weighted by atomic mass is 35.5. The highest BCUT2D eigenvalue weighted by molar-refractivity contribution is 6.30. The van der Waals surface area contributed by atoms with Crippen molar-refractivity contribution in [1.82, 2.24) is 15.5 Å². The topological polar surface area (TPSA) is 63.0 Å². The van der Waals surface area contributed by atoms with Crippen LogP contribution in [0.25, 0.3) is 0 Å². The van der Waals surface area contributed by atoms with Crippen LogP contribution in [-0.4, -0.2) is 16.2 Å². The Morgan fingerprint density at radius 3 is 2.80 bits per heavy atom. The van der Waals surface area contributed by atoms with Gasteiger partial charge in [-0.05, 0) is 17.7 Å². The van der Waals surface area contributed by atoms with Gasteiger partial charge in [-0.2, -0.15) is 0 Å². The van der Waals surface area contributed by atoms with E-state index in [9.17, 15) is 4.39 Å². The predicted molar refractivity (Wildman–Crippen MR) is 75.0 cm³/mol. The summed E-state index contributed by atoms with van der Waals surface area (Å²) < 4.78 is 18.4. The molecule has 7 heteroatoms. The molecule has 20 heavy (non-hydrogen) atoms. The summed E-state index contributed by atoms with van der Waals surface area (Å²) >= 11 is 5.71. The third kappa shape index (κ3) is 4.18. The average Bonchev–Trinajstić information content (AvgIpc) is 2.86. The Bertz CT molecular complexity index is 573. The second kappa shape index (κ2) is 6.67. The molecule has 0 saturated carbocycles. The van der Waals surface area contributed by atoms with Gasteiger partial charge in [-0.15, -0.1) is 5.10 Å². The van der Waals surface area contributed by atoms with Crippen LogP contribution in [0.4, 0.5) is 10.4 Å². The lowest BCUT2D eigenvalue weighted by Gasteiger charge is -2.04. The lowest BCUT2D eigenvalue weighted by Crippen LogP contribution is -2.21. The van der Waals surface area contributed by atoms with Crippen molar-refractivity contribution in [3.05, 3.63) is 40.5 Å². The molecule has 0 spiro atoms. The molecule has 0 unspecified atom stereocenters. The number of rotatable bonds is 6. The van der Waals surface area contributed by atoms with E-state index >= 15 is 0 Å². The van der Waals surface area contributed by atoms with Crippen LogP contribution in [0.5, 0.6) is 0 Å². The van der Waals surface area contributed by atoms with Crippen LogP contribution in [0.15, 0.2) is 22.6 Å². The Kier molecular flexibility index (Phi) is 4.92. The smallest absolute Gasteiger partial charge is 0.315 e. The lowest BCUT2D eigenvalue weighted by molar-refractivity contribution is 0.458. The Morgan fingerprint density at radius 1 is 1.30 bits per heavy atom. The van der Waals surface area contributed by atoms with Crippen molar-refractivity contribution in [2.45, 2.75) is 33.0 Å². The van der Waals surface area contributed by atoms with Crippen molar-refractivity contribution < 1.29 is 8.81 Å². The number of aromatic nitrogens is 2. The van der Waals surface area contributed by atoms with Gasteiger partial charge in [-0.3, -0.25) is 0 Å². The van der Waals surface area contributed by atoms with Crippen LogP contribution in [0, 0.1) is 5.82 Å². The fraction of sp³-hybridized carbons (Fsp3) is 0.385. The second-order valence-corrected chi connectivity index (χ2v) is 5.05. The number of hydrogen-bond acceptors (Lipinski definition) is 5. The van der Waals surface area contributed by atoms with Gasteiger partial charge in [0.15, 0.2) is 0 Å². The minimum absolute atomic E-state index is 0.0941. The van der Waals surface area contributed by atoms with Crippen LogP contribution >= 0.6 is 11.6 Å². The van der Waals surface area contributed by atoms with Crippen molar-refractivity contribution in [2.75, 3.05) is 5.32 Å². The molecule has 0 aliphatic heterocycles. The fourth-order valence-electron chi connectivity index (χ4n) is 1.52. The summed E-state index contributed by atoms with van der Waals surface area (Å²) in [5.74, 6) is 0.0774. The summed E-state index contributed by atoms with van der Waals surface area (Å²) in [6.07, 6.45) is 0. The van der Waals surface area contributed by atoms with E-state index < -0.39 is 5.82 Å². The van der Waals surface area contributed by atoms with E-state index in [4.69, 9.17) is 16.0 Å². The molecule has 1 heterocycles. The molecule has 0 amide bonds. The van der Waals surface area contributed by atoms with Gasteiger partial charge in [0.1, 0.15) is 5.82 Å². The highest BCUT2D eigenvalue weighted by Gasteiger charge is 2.07. The van der Waals surface area contributed by atoms with Gasteiger partial charge in [-0.25, -0.2) is 4.39 Å². The van der Waals surface area contributed by atoms with E-state index in [0.29, 0.717) is 31.0 Å². The summed E-state index contributed by atoms with van der Waals surface area (Å²) in [4.78, 5) is 0. The number of hydrogen-bond donors (Lipinski definition) is 2. The largest absolute Gasteiger partial charge is 0.407 e. The molecule has 5 nitrogen and oxygen atoms in total. The van der Waals surface area contributed by atoms with Crippen LogP contribution < -0.4 is 10.6 Å². The third-order valence-electron chi connectivity index (χ3n) is 2.56. The first kappa shape index (κ1) is 14.7. The van der Waals surface area contributed by atoms with Crippen LogP contribution in [0.3, 0.4) is 0 Å². The van der Waals surface area contributed by atoms with Crippen molar-refractivity contribution in [3.8, 4) is 0 Å². The zero-order valence-electron chi connectivity index (χ0n) is 11.3. The molecule has 0 atom stereocenters. The summed E-state index contributed by atoms with van der Waals surface area (Å²) in [6.45, 7) is 5.02. The Balaban J connectivity index is 1.89. The lowest BCUT2D eigenvalue weighted by atomic mass is 10.2. The van der Waals surface area contributed by atoms with E-state index in [2.05, 4.69) is 20.8 Å². The average molecular weight is 299 g/mol. The SMILES string of the molecule is CC(C)NCc1nnc(NCc2ccc(F)c(Cl)c2)o1. The Labute approximate surface area is 121 Å². The molecule has 1 aromatic carbocycles. The Morgan fingerprint density at radius 2 is 2.10 bits per heavy atom. The number of nitrogens with one attached hydrogen (secondary N) is 2. The minimum Gasteiger partial charge on any atom is -0.407 e. The molecule has 0 fully saturated rings. The summed E-state index contributed by atoms with van der Waals surface area (Å²) in [5, 5.41) is 14.0. The van der Waals surface area contributed by atoms with E-state index in [1.165, 1.54) is 6.07 Å². The van der Waals surface area contributed by atoms with E-state index in [1.54, 1.807) is 12.1 Å². The normalized spacial score (nSPS) is 11.1. The van der Waals surface area contributed by atoms with Crippen molar-refractivity contribution in [1.29, 1.82) is 0 Å². The maximum Gasteiger partial charge on any atom is 0.315 e. The zero-order valence-corrected chi connectivity index (χ0v) is 12.0. The molecule has 0 bridgehead atoms. The van der Waals surface area contributed by atoms with Crippen LogP contribution in [0.1, 0.15) is 25.3 Å². The second-order valence-electron chi connectivity index (χ2n) is 4.64. The molecule has 108 valence electrons. The zero-order chi connectivity index (χ0) is 14.5. The summed E-state index contributed by atoms with van der Waals surface area (Å²) in [5.41, 5.74) is 0.830. The van der Waals surface area contributed by atoms with Gasteiger partial charge >= 0.3 is 6.01 Å². The first-order valence-electron chi connectivity index (χ1n) is 6.28. The van der Waals surface area contributed by atoms with Gasteiger partial charge < -0.3 is 15.1 Å². The van der Waals surface area contributed by atoms with E-state index in [1.807, 2.05) is 13.8 Å². The monoisotopic (exact) mass is 298 g/mol. The molecular formula is C13H16ClFN4O. The van der Waals surface area contributed by atoms with Gasteiger partial charge in [0.05, 0.1) is 11.6 Å². The molecular weight excluding hydrogens is 283 g/mol. The number of nitrogens with zero attached hydrogens (tertiary/aromatic N) is 2. The molecule has 0 saturated heterocycles. The molecule has 0 aliphatic carbocycles. The molecule has 2 aromatic rings. The summed E-state index contributed by atoms with van der Waals surface area (Å²) in [6, 6.07) is 5.20. The van der Waals surface area contributed by atoms with Crippen LogP contribution in [0.2, 0.25) is 5.02 Å². The van der Waals surface area contributed by atoms with Gasteiger partial charge in [0.2, 0.25) is 5.89 Å². The van der Waals surface area contributed by atoms with Gasteiger partial charge in [0, 0.05) is 12.6 Å². The molecule has 0 aliphatic rings. The Hall–Kier alpha value is -1.66. The summed E-state index contributed by atoms with van der Waals surface area (Å²) in [7, 11) is 0. The van der Waals surface area contributed by atoms with Gasteiger partial charge in [-0.1, -0.05) is 36.6 Å². The number of halogens is 2. The maximum atomic E-state index is 13.0. The molecule has 2 rings (SSSR count). The number of benzene rings is 1. The van der Waals surface area contributed by atoms with Crippen molar-refractivity contribution >= 4 is 17.6 Å². The van der Waals surface area contributed by atoms with Crippen molar-refractivity contribution in [2.24, 2.45) is 0 Å². The van der Waals surface area contributed by atoms with Gasteiger partial charge in [0.25, 0.3) is 0 Å². The number of anilines is 1. The van der Waals surface area contributed by atoms with E-state index in [0.717, 1.165) is 5.56 Å². The van der Waals surface area contributed by atoms with Crippen molar-refractivity contribution in [3.63, 3.8) is 0 Å². The maximum absolute atomic E-state index is 13.0. The van der Waals surface area contributed by atoms with E-state index in [-0.39, 0.29) is 5.02 Å². The molecule has 2 N–H and O–H groups in total. The predicted octanol–water partition coefficient (Wildman–Crippen LogP) is 2.97. The third-order valence-corrected chi connectivity index (χ3v) is 2.85. The molecule has 0 radical (unpaired) electrons. The standard InChI is InChI=1S/C13H16ClFN4O/c1-8(2)16-7-12-18-19-13(20-12)17-6-9-3-4-11(15)10(14)5-9/h3-5,8,16H,6-7H2,1-2H3,(H,17,19). The molecule has 1 aromatic heterocycles. The quantitative estimate of drug-likeness (QED) is 0.858. The minimum atomic E-state index is -0.435. The first-order valence-corrected chi connectivity index (χ1v) is 6.66. The van der Waals surface area contributed by atoms with Crippen LogP contribution in [-0.2, 0) is 13.1 Å². The first-order chi connectivity index (χ1) is 9.54. The highest BCUT2D eigenvalue weighted by Crippen LogP contribution is 2.17. The fourth-order valence-corrected chi connectivity index (χ4v) is 1.72.